The van der Waals surface area contributed by atoms with Crippen molar-refractivity contribution >= 4 is 38.9 Å². The standard InChI is InChI=1S/C11H12ClN5O2S2/c12-10-15-8-9(20-10)21(18,19)17-6-4-16(5-7-17)11-13-2-1-3-14-11/h1-3,8H,4-7H2. The SMILES string of the molecule is O=S(=O)(c1cnc(Cl)s1)N1CCN(c2ncccn2)CC1. The Morgan fingerprint density at radius 3 is 2.33 bits per heavy atom. The van der Waals surface area contributed by atoms with Gasteiger partial charge in [0.2, 0.25) is 5.95 Å². The Morgan fingerprint density at radius 1 is 1.10 bits per heavy atom. The lowest BCUT2D eigenvalue weighted by atomic mass is 10.4. The number of hydrogen-bond acceptors (Lipinski definition) is 7. The highest BCUT2D eigenvalue weighted by molar-refractivity contribution is 7.91. The Bertz CT molecular complexity index is 713. The molecule has 3 heterocycles. The lowest BCUT2D eigenvalue weighted by molar-refractivity contribution is 0.383. The summed E-state index contributed by atoms with van der Waals surface area (Å²) in [5.41, 5.74) is 0. The van der Waals surface area contributed by atoms with E-state index in [0.717, 1.165) is 11.3 Å². The van der Waals surface area contributed by atoms with Crippen molar-refractivity contribution < 1.29 is 8.42 Å². The van der Waals surface area contributed by atoms with Crippen LogP contribution >= 0.6 is 22.9 Å². The van der Waals surface area contributed by atoms with Gasteiger partial charge in [0.25, 0.3) is 10.0 Å². The smallest absolute Gasteiger partial charge is 0.254 e. The van der Waals surface area contributed by atoms with Crippen molar-refractivity contribution in [1.82, 2.24) is 19.3 Å². The van der Waals surface area contributed by atoms with E-state index in [1.165, 1.54) is 10.5 Å². The van der Waals surface area contributed by atoms with Gasteiger partial charge in [-0.2, -0.15) is 4.31 Å². The van der Waals surface area contributed by atoms with Gasteiger partial charge < -0.3 is 4.90 Å². The van der Waals surface area contributed by atoms with Crippen LogP contribution in [0, 0.1) is 0 Å². The summed E-state index contributed by atoms with van der Waals surface area (Å²) in [7, 11) is -3.51. The number of sulfonamides is 1. The maximum absolute atomic E-state index is 12.4. The minimum Gasteiger partial charge on any atom is -0.338 e. The number of anilines is 1. The summed E-state index contributed by atoms with van der Waals surface area (Å²) in [5, 5.41) is 0. The Hall–Kier alpha value is -1.29. The molecule has 0 unspecified atom stereocenters. The second-order valence-electron chi connectivity index (χ2n) is 4.37. The van der Waals surface area contributed by atoms with Crippen molar-refractivity contribution in [2.75, 3.05) is 31.1 Å². The molecule has 3 rings (SSSR count). The van der Waals surface area contributed by atoms with E-state index in [4.69, 9.17) is 11.6 Å². The fourth-order valence-electron chi connectivity index (χ4n) is 2.07. The number of halogens is 1. The predicted molar refractivity (Wildman–Crippen MR) is 80.1 cm³/mol. The molecule has 0 saturated carbocycles. The maximum Gasteiger partial charge on any atom is 0.254 e. The van der Waals surface area contributed by atoms with Crippen molar-refractivity contribution in [3.8, 4) is 0 Å². The molecule has 1 saturated heterocycles. The van der Waals surface area contributed by atoms with Crippen LogP contribution in [0.4, 0.5) is 5.95 Å². The molecule has 2 aromatic heterocycles. The van der Waals surface area contributed by atoms with Gasteiger partial charge >= 0.3 is 0 Å². The molecule has 10 heteroatoms. The fourth-order valence-corrected chi connectivity index (χ4v) is 4.94. The fraction of sp³-hybridized carbons (Fsp3) is 0.364. The Labute approximate surface area is 131 Å². The Kier molecular flexibility index (Phi) is 4.07. The molecular formula is C11H12ClN5O2S2. The third-order valence-electron chi connectivity index (χ3n) is 3.12. The van der Waals surface area contributed by atoms with Crippen molar-refractivity contribution in [1.29, 1.82) is 0 Å². The molecule has 7 nitrogen and oxygen atoms in total. The first kappa shape index (κ1) is 14.6. The monoisotopic (exact) mass is 345 g/mol. The minimum atomic E-state index is -3.51. The number of hydrogen-bond donors (Lipinski definition) is 0. The molecule has 0 atom stereocenters. The second-order valence-corrected chi connectivity index (χ2v) is 8.15. The van der Waals surface area contributed by atoms with Crippen LogP contribution in [0.5, 0.6) is 0 Å². The third-order valence-corrected chi connectivity index (χ3v) is 6.57. The topological polar surface area (TPSA) is 79.3 Å². The van der Waals surface area contributed by atoms with E-state index in [0.29, 0.717) is 32.1 Å². The van der Waals surface area contributed by atoms with Crippen molar-refractivity contribution in [2.24, 2.45) is 0 Å². The number of piperazine rings is 1. The molecular weight excluding hydrogens is 334 g/mol. The van der Waals surface area contributed by atoms with E-state index < -0.39 is 10.0 Å². The van der Waals surface area contributed by atoms with E-state index in [1.807, 2.05) is 4.90 Å². The summed E-state index contributed by atoms with van der Waals surface area (Å²) >= 11 is 6.68. The van der Waals surface area contributed by atoms with Gasteiger partial charge in [-0.1, -0.05) is 22.9 Å². The van der Waals surface area contributed by atoms with Crippen molar-refractivity contribution in [3.05, 3.63) is 29.1 Å². The van der Waals surface area contributed by atoms with Crippen LogP contribution < -0.4 is 4.90 Å². The van der Waals surface area contributed by atoms with Gasteiger partial charge in [-0.3, -0.25) is 0 Å². The summed E-state index contributed by atoms with van der Waals surface area (Å²) in [6.45, 7) is 1.87. The largest absolute Gasteiger partial charge is 0.338 e. The van der Waals surface area contributed by atoms with E-state index in [-0.39, 0.29) is 8.68 Å². The minimum absolute atomic E-state index is 0.178. The van der Waals surface area contributed by atoms with Gasteiger partial charge in [-0.25, -0.2) is 23.4 Å². The number of aromatic nitrogens is 3. The summed E-state index contributed by atoms with van der Waals surface area (Å²) in [5.74, 6) is 0.621. The summed E-state index contributed by atoms with van der Waals surface area (Å²) in [6.07, 6.45) is 4.64. The number of nitrogens with zero attached hydrogens (tertiary/aromatic N) is 5. The average Bonchev–Trinajstić information content (AvgIpc) is 2.96. The van der Waals surface area contributed by atoms with Gasteiger partial charge in [0, 0.05) is 38.6 Å². The lowest BCUT2D eigenvalue weighted by Gasteiger charge is -2.33. The van der Waals surface area contributed by atoms with Crippen LogP contribution in [0.1, 0.15) is 0 Å². The number of thiazole rings is 1. The summed E-state index contributed by atoms with van der Waals surface area (Å²) in [4.78, 5) is 14.1. The van der Waals surface area contributed by atoms with E-state index >= 15 is 0 Å². The molecule has 112 valence electrons. The molecule has 0 aromatic carbocycles. The van der Waals surface area contributed by atoms with Gasteiger partial charge in [-0.05, 0) is 6.07 Å². The van der Waals surface area contributed by atoms with Crippen LogP contribution in [0.25, 0.3) is 0 Å². The third kappa shape index (κ3) is 3.00. The van der Waals surface area contributed by atoms with Gasteiger partial charge in [0.1, 0.15) is 0 Å². The highest BCUT2D eigenvalue weighted by atomic mass is 35.5. The second kappa shape index (κ2) is 5.84. The van der Waals surface area contributed by atoms with E-state index in [9.17, 15) is 8.42 Å². The lowest BCUT2D eigenvalue weighted by Crippen LogP contribution is -2.49. The first-order chi connectivity index (χ1) is 10.1. The molecule has 1 aliphatic heterocycles. The highest BCUT2D eigenvalue weighted by Gasteiger charge is 2.30. The summed E-state index contributed by atoms with van der Waals surface area (Å²) in [6, 6.07) is 1.75. The van der Waals surface area contributed by atoms with Crippen molar-refractivity contribution in [3.63, 3.8) is 0 Å². The van der Waals surface area contributed by atoms with Gasteiger partial charge in [0.15, 0.2) is 8.68 Å². The molecule has 0 amide bonds. The molecule has 21 heavy (non-hydrogen) atoms. The highest BCUT2D eigenvalue weighted by Crippen LogP contribution is 2.26. The molecule has 1 aliphatic rings. The quantitative estimate of drug-likeness (QED) is 0.828. The first-order valence-corrected chi connectivity index (χ1v) is 8.84. The molecule has 0 bridgehead atoms. The predicted octanol–water partition coefficient (Wildman–Crippen LogP) is 1.10. The van der Waals surface area contributed by atoms with E-state index in [2.05, 4.69) is 15.0 Å². The van der Waals surface area contributed by atoms with Gasteiger partial charge in [0.05, 0.1) is 6.20 Å². The van der Waals surface area contributed by atoms with Crippen LogP contribution in [-0.2, 0) is 10.0 Å². The zero-order valence-electron chi connectivity index (χ0n) is 10.9. The van der Waals surface area contributed by atoms with Gasteiger partial charge in [-0.15, -0.1) is 0 Å². The molecule has 2 aromatic rings. The van der Waals surface area contributed by atoms with Crippen molar-refractivity contribution in [2.45, 2.75) is 4.21 Å². The molecule has 1 fully saturated rings. The van der Waals surface area contributed by atoms with Crippen LogP contribution in [0.15, 0.2) is 28.9 Å². The number of rotatable bonds is 3. The van der Waals surface area contributed by atoms with Crippen LogP contribution in [0.2, 0.25) is 4.47 Å². The molecule has 0 aliphatic carbocycles. The molecule has 0 N–H and O–H groups in total. The Morgan fingerprint density at radius 2 is 1.76 bits per heavy atom. The first-order valence-electron chi connectivity index (χ1n) is 6.21. The molecule has 0 spiro atoms. The van der Waals surface area contributed by atoms with E-state index in [1.54, 1.807) is 18.5 Å². The zero-order valence-corrected chi connectivity index (χ0v) is 13.3. The van der Waals surface area contributed by atoms with Crippen LogP contribution in [-0.4, -0.2) is 53.9 Å². The Balaban J connectivity index is 1.71. The maximum atomic E-state index is 12.4. The normalized spacial score (nSPS) is 17.1. The van der Waals surface area contributed by atoms with Crippen LogP contribution in [0.3, 0.4) is 0 Å². The molecule has 0 radical (unpaired) electrons. The summed E-state index contributed by atoms with van der Waals surface area (Å²) < 4.78 is 26.7. The zero-order chi connectivity index (χ0) is 14.9. The average molecular weight is 346 g/mol.